The molecule has 1 aliphatic heterocycles. The van der Waals surface area contributed by atoms with Gasteiger partial charge in [0.1, 0.15) is 6.10 Å². The van der Waals surface area contributed by atoms with Gasteiger partial charge in [-0.25, -0.2) is 0 Å². The molecule has 1 N–H and O–H groups in total. The van der Waals surface area contributed by atoms with Gasteiger partial charge in [0.25, 0.3) is 0 Å². The average Bonchev–Trinajstić information content (AvgIpc) is 2.46. The summed E-state index contributed by atoms with van der Waals surface area (Å²) >= 11 is 12.3. The average molecular weight is 339 g/mol. The molecule has 1 heterocycles. The van der Waals surface area contributed by atoms with E-state index in [2.05, 4.69) is 0 Å². The molecular weight excluding hydrogens is 323 g/mol. The number of halogens is 2. The van der Waals surface area contributed by atoms with Crippen LogP contribution in [0, 0.1) is 0 Å². The zero-order valence-corrected chi connectivity index (χ0v) is 13.4. The second-order valence-electron chi connectivity index (χ2n) is 5.64. The van der Waals surface area contributed by atoms with Gasteiger partial charge in [0.15, 0.2) is 0 Å². The summed E-state index contributed by atoms with van der Waals surface area (Å²) in [5, 5.41) is 12.9. The van der Waals surface area contributed by atoms with Crippen LogP contribution in [0.15, 0.2) is 30.3 Å². The van der Waals surface area contributed by atoms with Gasteiger partial charge in [0.2, 0.25) is 0 Å². The van der Waals surface area contributed by atoms with Crippen LogP contribution in [-0.4, -0.2) is 23.3 Å². The fraction of sp³-hybridized carbons (Fsp3) is 0.353. The van der Waals surface area contributed by atoms with Gasteiger partial charge in [-0.1, -0.05) is 35.3 Å². The molecule has 1 aliphatic rings. The van der Waals surface area contributed by atoms with Crippen molar-refractivity contribution in [2.24, 2.45) is 0 Å². The van der Waals surface area contributed by atoms with E-state index >= 15 is 0 Å². The van der Waals surface area contributed by atoms with E-state index in [1.54, 1.807) is 0 Å². The van der Waals surface area contributed by atoms with Crippen LogP contribution in [0.1, 0.15) is 24.8 Å². The molecule has 0 radical (unpaired) electrons. The Morgan fingerprint density at radius 2 is 2.00 bits per heavy atom. The summed E-state index contributed by atoms with van der Waals surface area (Å²) in [6, 6.07) is 9.50. The van der Waals surface area contributed by atoms with E-state index in [-0.39, 0.29) is 18.5 Å². The SMILES string of the molecule is O=C1C[C@H](O)C[C@@H](CCc2ccc(Cl)c3cc(Cl)ccc23)O1. The van der Waals surface area contributed by atoms with E-state index < -0.39 is 6.10 Å². The maximum Gasteiger partial charge on any atom is 0.308 e. The molecule has 2 atom stereocenters. The molecule has 0 aromatic heterocycles. The number of esters is 1. The second kappa shape index (κ2) is 6.45. The smallest absolute Gasteiger partial charge is 0.308 e. The molecule has 0 spiro atoms. The normalized spacial score (nSPS) is 21.9. The first-order valence-electron chi connectivity index (χ1n) is 7.27. The van der Waals surface area contributed by atoms with Crippen molar-refractivity contribution in [1.29, 1.82) is 0 Å². The number of rotatable bonds is 3. The first-order chi connectivity index (χ1) is 10.5. The van der Waals surface area contributed by atoms with Crippen molar-refractivity contribution in [3.63, 3.8) is 0 Å². The lowest BCUT2D eigenvalue weighted by Crippen LogP contribution is -2.32. The van der Waals surface area contributed by atoms with Crippen molar-refractivity contribution in [2.45, 2.75) is 37.9 Å². The lowest BCUT2D eigenvalue weighted by atomic mass is 9.96. The summed E-state index contributed by atoms with van der Waals surface area (Å²) in [5.41, 5.74) is 1.13. The van der Waals surface area contributed by atoms with E-state index in [1.807, 2.05) is 30.3 Å². The van der Waals surface area contributed by atoms with Crippen LogP contribution >= 0.6 is 23.2 Å². The second-order valence-corrected chi connectivity index (χ2v) is 6.48. The molecular formula is C17H16Cl2O3. The number of carbonyl (C=O) groups excluding carboxylic acids is 1. The minimum Gasteiger partial charge on any atom is -0.462 e. The quantitative estimate of drug-likeness (QED) is 0.855. The molecule has 3 rings (SSSR count). The number of benzene rings is 2. The topological polar surface area (TPSA) is 46.5 Å². The van der Waals surface area contributed by atoms with Crippen LogP contribution in [0.2, 0.25) is 10.0 Å². The third-order valence-corrected chi connectivity index (χ3v) is 4.55. The third-order valence-electron chi connectivity index (χ3n) is 3.99. The molecule has 3 nitrogen and oxygen atoms in total. The summed E-state index contributed by atoms with van der Waals surface area (Å²) < 4.78 is 5.29. The Balaban J connectivity index is 1.79. The predicted octanol–water partition coefficient (Wildman–Crippen LogP) is 4.15. The maximum atomic E-state index is 11.4. The number of carbonyl (C=O) groups is 1. The highest BCUT2D eigenvalue weighted by Gasteiger charge is 2.26. The number of aryl methyl sites for hydroxylation is 1. The van der Waals surface area contributed by atoms with Crippen molar-refractivity contribution in [2.75, 3.05) is 0 Å². The highest BCUT2D eigenvalue weighted by Crippen LogP contribution is 2.30. The van der Waals surface area contributed by atoms with Crippen LogP contribution in [0.3, 0.4) is 0 Å². The molecule has 2 aromatic rings. The van der Waals surface area contributed by atoms with Gasteiger partial charge in [-0.05, 0) is 42.0 Å². The first kappa shape index (κ1) is 15.6. The van der Waals surface area contributed by atoms with Gasteiger partial charge in [-0.15, -0.1) is 0 Å². The van der Waals surface area contributed by atoms with Crippen molar-refractivity contribution in [3.05, 3.63) is 45.9 Å². The van der Waals surface area contributed by atoms with Crippen LogP contribution in [-0.2, 0) is 16.0 Å². The molecule has 1 saturated heterocycles. The van der Waals surface area contributed by atoms with Crippen LogP contribution in [0.5, 0.6) is 0 Å². The highest BCUT2D eigenvalue weighted by molar-refractivity contribution is 6.37. The zero-order chi connectivity index (χ0) is 15.7. The van der Waals surface area contributed by atoms with Gasteiger partial charge < -0.3 is 9.84 Å². The van der Waals surface area contributed by atoms with E-state index in [1.165, 1.54) is 0 Å². The Bertz CT molecular complexity index is 714. The largest absolute Gasteiger partial charge is 0.462 e. The molecule has 0 saturated carbocycles. The fourth-order valence-corrected chi connectivity index (χ4v) is 3.31. The minimum atomic E-state index is -0.591. The van der Waals surface area contributed by atoms with E-state index in [4.69, 9.17) is 27.9 Å². The first-order valence-corrected chi connectivity index (χ1v) is 8.02. The maximum absolute atomic E-state index is 11.4. The van der Waals surface area contributed by atoms with Gasteiger partial charge in [-0.3, -0.25) is 4.79 Å². The summed E-state index contributed by atoms with van der Waals surface area (Å²) in [7, 11) is 0. The zero-order valence-electron chi connectivity index (χ0n) is 11.9. The van der Waals surface area contributed by atoms with Crippen molar-refractivity contribution >= 4 is 39.9 Å². The molecule has 0 amide bonds. The lowest BCUT2D eigenvalue weighted by Gasteiger charge is -2.26. The summed E-state index contributed by atoms with van der Waals surface area (Å²) in [6.07, 6.45) is 1.21. The number of ether oxygens (including phenoxy) is 1. The van der Waals surface area contributed by atoms with Gasteiger partial charge in [0.05, 0.1) is 12.5 Å². The van der Waals surface area contributed by atoms with Crippen molar-refractivity contribution < 1.29 is 14.6 Å². The molecule has 22 heavy (non-hydrogen) atoms. The van der Waals surface area contributed by atoms with Crippen LogP contribution in [0.25, 0.3) is 10.8 Å². The monoisotopic (exact) mass is 338 g/mol. The number of hydrogen-bond acceptors (Lipinski definition) is 3. The Hall–Kier alpha value is -1.29. The van der Waals surface area contributed by atoms with Gasteiger partial charge in [0, 0.05) is 21.9 Å². The predicted molar refractivity (Wildman–Crippen MR) is 87.4 cm³/mol. The Morgan fingerprint density at radius 3 is 2.77 bits per heavy atom. The molecule has 1 fully saturated rings. The molecule has 5 heteroatoms. The Morgan fingerprint density at radius 1 is 1.18 bits per heavy atom. The van der Waals surface area contributed by atoms with Crippen molar-refractivity contribution in [1.82, 2.24) is 0 Å². The summed E-state index contributed by atoms with van der Waals surface area (Å²) in [5.74, 6) is -0.323. The minimum absolute atomic E-state index is 0.0961. The number of fused-ring (bicyclic) bond motifs is 1. The number of hydrogen-bond donors (Lipinski definition) is 1. The molecule has 2 aromatic carbocycles. The molecule has 0 bridgehead atoms. The Labute approximate surface area is 138 Å². The van der Waals surface area contributed by atoms with Crippen LogP contribution < -0.4 is 0 Å². The third kappa shape index (κ3) is 3.37. The fourth-order valence-electron chi connectivity index (χ4n) is 2.92. The number of aliphatic hydroxyl groups is 1. The molecule has 116 valence electrons. The van der Waals surface area contributed by atoms with E-state index in [0.717, 1.165) is 22.8 Å². The Kier molecular flexibility index (Phi) is 4.57. The van der Waals surface area contributed by atoms with Gasteiger partial charge in [-0.2, -0.15) is 0 Å². The lowest BCUT2D eigenvalue weighted by molar-refractivity contribution is -0.160. The standard InChI is InChI=1S/C17H16Cl2O3/c18-11-3-5-14-10(2-6-16(19)15(14)7-11)1-4-13-8-12(20)9-17(21)22-13/h2-3,5-7,12-13,20H,1,4,8-9H2/t12-,13-/m1/s1. The molecule has 0 unspecified atom stereocenters. The van der Waals surface area contributed by atoms with Crippen LogP contribution in [0.4, 0.5) is 0 Å². The van der Waals surface area contributed by atoms with E-state index in [9.17, 15) is 9.90 Å². The van der Waals surface area contributed by atoms with E-state index in [0.29, 0.717) is 22.9 Å². The number of cyclic esters (lactones) is 1. The van der Waals surface area contributed by atoms with Crippen molar-refractivity contribution in [3.8, 4) is 0 Å². The summed E-state index contributed by atoms with van der Waals surface area (Å²) in [4.78, 5) is 11.4. The van der Waals surface area contributed by atoms with Gasteiger partial charge >= 0.3 is 5.97 Å². The summed E-state index contributed by atoms with van der Waals surface area (Å²) in [6.45, 7) is 0. The highest BCUT2D eigenvalue weighted by atomic mass is 35.5. The molecule has 0 aliphatic carbocycles. The number of aliphatic hydroxyl groups excluding tert-OH is 1.